The summed E-state index contributed by atoms with van der Waals surface area (Å²) in [7, 11) is 0. The SMILES string of the molecule is O=C(O)CN(C(=O)Nc1cccc(Cl)c1Cl)C1CCCC1. The molecule has 1 aliphatic rings. The molecule has 0 aromatic heterocycles. The van der Waals surface area contributed by atoms with Crippen LogP contribution in [0.3, 0.4) is 0 Å². The Hall–Kier alpha value is -1.46. The number of aliphatic carboxylic acids is 1. The van der Waals surface area contributed by atoms with E-state index in [1.165, 1.54) is 4.90 Å². The number of carbonyl (C=O) groups is 2. The zero-order valence-electron chi connectivity index (χ0n) is 11.3. The van der Waals surface area contributed by atoms with E-state index in [4.69, 9.17) is 28.3 Å². The lowest BCUT2D eigenvalue weighted by Gasteiger charge is -2.27. The van der Waals surface area contributed by atoms with E-state index in [1.54, 1.807) is 18.2 Å². The first kappa shape index (κ1) is 15.9. The predicted molar refractivity (Wildman–Crippen MR) is 82.1 cm³/mol. The first-order valence-corrected chi connectivity index (χ1v) is 7.48. The molecule has 0 heterocycles. The summed E-state index contributed by atoms with van der Waals surface area (Å²) in [5, 5.41) is 12.2. The van der Waals surface area contributed by atoms with E-state index >= 15 is 0 Å². The molecule has 2 amide bonds. The van der Waals surface area contributed by atoms with Gasteiger partial charge in [-0.3, -0.25) is 4.79 Å². The minimum absolute atomic E-state index is 0.0425. The number of urea groups is 1. The van der Waals surface area contributed by atoms with Gasteiger partial charge in [-0.25, -0.2) is 4.79 Å². The number of hydrogen-bond acceptors (Lipinski definition) is 2. The monoisotopic (exact) mass is 330 g/mol. The Bertz CT molecular complexity index is 545. The quantitative estimate of drug-likeness (QED) is 0.880. The number of carbonyl (C=O) groups excluding carboxylic acids is 1. The second kappa shape index (κ2) is 7.00. The Morgan fingerprint density at radius 2 is 1.95 bits per heavy atom. The van der Waals surface area contributed by atoms with E-state index in [9.17, 15) is 9.59 Å². The van der Waals surface area contributed by atoms with Crippen LogP contribution in [-0.4, -0.2) is 34.6 Å². The minimum atomic E-state index is -1.03. The molecule has 21 heavy (non-hydrogen) atoms. The van der Waals surface area contributed by atoms with Crippen LogP contribution in [0.25, 0.3) is 0 Å². The summed E-state index contributed by atoms with van der Waals surface area (Å²) in [5.41, 5.74) is 0.377. The van der Waals surface area contributed by atoms with Crippen LogP contribution < -0.4 is 5.32 Å². The van der Waals surface area contributed by atoms with Crippen molar-refractivity contribution in [3.05, 3.63) is 28.2 Å². The number of rotatable bonds is 4. The molecule has 1 aromatic carbocycles. The highest BCUT2D eigenvalue weighted by atomic mass is 35.5. The molecule has 1 aromatic rings. The highest BCUT2D eigenvalue weighted by Crippen LogP contribution is 2.30. The van der Waals surface area contributed by atoms with Gasteiger partial charge >= 0.3 is 12.0 Å². The molecule has 2 rings (SSSR count). The van der Waals surface area contributed by atoms with Crippen LogP contribution in [-0.2, 0) is 4.79 Å². The molecule has 2 N–H and O–H groups in total. The molecule has 0 atom stereocenters. The number of nitrogens with zero attached hydrogens (tertiary/aromatic N) is 1. The maximum absolute atomic E-state index is 12.3. The van der Waals surface area contributed by atoms with Crippen molar-refractivity contribution in [3.8, 4) is 0 Å². The molecule has 1 fully saturated rings. The van der Waals surface area contributed by atoms with E-state index in [1.807, 2.05) is 0 Å². The van der Waals surface area contributed by atoms with E-state index < -0.39 is 12.0 Å². The number of benzene rings is 1. The number of hydrogen-bond donors (Lipinski definition) is 2. The number of amides is 2. The standard InChI is InChI=1S/C14H16Cl2N2O3/c15-10-6-3-7-11(13(10)16)17-14(21)18(8-12(19)20)9-4-1-2-5-9/h3,6-7,9H,1-2,4-5,8H2,(H,17,21)(H,19,20). The first-order chi connectivity index (χ1) is 9.99. The van der Waals surface area contributed by atoms with Gasteiger partial charge in [-0.2, -0.15) is 0 Å². The summed E-state index contributed by atoms with van der Waals surface area (Å²) >= 11 is 11.9. The van der Waals surface area contributed by atoms with E-state index in [0.29, 0.717) is 10.7 Å². The molecule has 0 radical (unpaired) electrons. The van der Waals surface area contributed by atoms with E-state index in [-0.39, 0.29) is 17.6 Å². The molecule has 0 unspecified atom stereocenters. The molecule has 0 spiro atoms. The van der Waals surface area contributed by atoms with Crippen molar-refractivity contribution in [2.45, 2.75) is 31.7 Å². The van der Waals surface area contributed by atoms with E-state index in [0.717, 1.165) is 25.7 Å². The molecular weight excluding hydrogens is 315 g/mol. The van der Waals surface area contributed by atoms with Gasteiger partial charge < -0.3 is 15.3 Å². The molecule has 0 bridgehead atoms. The van der Waals surface area contributed by atoms with Crippen molar-refractivity contribution >= 4 is 40.9 Å². The zero-order chi connectivity index (χ0) is 15.4. The number of nitrogens with one attached hydrogen (secondary N) is 1. The third-order valence-electron chi connectivity index (χ3n) is 3.53. The molecule has 114 valence electrons. The van der Waals surface area contributed by atoms with Gasteiger partial charge in [0.25, 0.3) is 0 Å². The number of anilines is 1. The normalized spacial score (nSPS) is 15.0. The van der Waals surface area contributed by atoms with Gasteiger partial charge in [0.05, 0.1) is 15.7 Å². The Labute approximate surface area is 132 Å². The second-order valence-corrected chi connectivity index (χ2v) is 5.78. The molecular formula is C14H16Cl2N2O3. The lowest BCUT2D eigenvalue weighted by atomic mass is 10.2. The first-order valence-electron chi connectivity index (χ1n) is 6.72. The van der Waals surface area contributed by atoms with Crippen LogP contribution in [0.2, 0.25) is 10.0 Å². The second-order valence-electron chi connectivity index (χ2n) is 4.99. The fourth-order valence-electron chi connectivity index (χ4n) is 2.52. The molecule has 0 saturated heterocycles. The number of carboxylic acid groups (broad SMARTS) is 1. The topological polar surface area (TPSA) is 69.6 Å². The fourth-order valence-corrected chi connectivity index (χ4v) is 2.86. The van der Waals surface area contributed by atoms with Crippen molar-refractivity contribution in [1.82, 2.24) is 4.90 Å². The smallest absolute Gasteiger partial charge is 0.323 e. The van der Waals surface area contributed by atoms with E-state index in [2.05, 4.69) is 5.32 Å². The maximum atomic E-state index is 12.3. The molecule has 7 heteroatoms. The van der Waals surface area contributed by atoms with Crippen LogP contribution in [0.5, 0.6) is 0 Å². The molecule has 1 saturated carbocycles. The Kier molecular flexibility index (Phi) is 5.31. The highest BCUT2D eigenvalue weighted by Gasteiger charge is 2.28. The van der Waals surface area contributed by atoms with Crippen molar-refractivity contribution in [2.24, 2.45) is 0 Å². The average molecular weight is 331 g/mol. The van der Waals surface area contributed by atoms with Crippen molar-refractivity contribution in [2.75, 3.05) is 11.9 Å². The van der Waals surface area contributed by atoms with Gasteiger partial charge in [-0.1, -0.05) is 42.1 Å². The third kappa shape index (κ3) is 4.02. The summed E-state index contributed by atoms with van der Waals surface area (Å²) in [6, 6.07) is 4.40. The predicted octanol–water partition coefficient (Wildman–Crippen LogP) is 3.85. The largest absolute Gasteiger partial charge is 0.480 e. The van der Waals surface area contributed by atoms with Crippen molar-refractivity contribution < 1.29 is 14.7 Å². The van der Waals surface area contributed by atoms with Gasteiger partial charge in [-0.15, -0.1) is 0 Å². The van der Waals surface area contributed by atoms with Crippen LogP contribution in [0.15, 0.2) is 18.2 Å². The van der Waals surface area contributed by atoms with Crippen LogP contribution in [0.1, 0.15) is 25.7 Å². The van der Waals surface area contributed by atoms with Gasteiger partial charge in [0, 0.05) is 6.04 Å². The van der Waals surface area contributed by atoms with Crippen molar-refractivity contribution in [3.63, 3.8) is 0 Å². The van der Waals surface area contributed by atoms with Crippen LogP contribution in [0.4, 0.5) is 10.5 Å². The van der Waals surface area contributed by atoms with Gasteiger partial charge in [0.1, 0.15) is 6.54 Å². The van der Waals surface area contributed by atoms with Crippen LogP contribution in [0, 0.1) is 0 Å². The third-order valence-corrected chi connectivity index (χ3v) is 4.34. The fraction of sp³-hybridized carbons (Fsp3) is 0.429. The summed E-state index contributed by atoms with van der Waals surface area (Å²) < 4.78 is 0. The average Bonchev–Trinajstić information content (AvgIpc) is 2.94. The summed E-state index contributed by atoms with van der Waals surface area (Å²) in [6.45, 7) is -0.325. The number of halogens is 2. The molecule has 1 aliphatic carbocycles. The highest BCUT2D eigenvalue weighted by molar-refractivity contribution is 6.43. The molecule has 0 aliphatic heterocycles. The maximum Gasteiger partial charge on any atom is 0.323 e. The Morgan fingerprint density at radius 3 is 2.57 bits per heavy atom. The minimum Gasteiger partial charge on any atom is -0.480 e. The van der Waals surface area contributed by atoms with Crippen LogP contribution >= 0.6 is 23.2 Å². The summed E-state index contributed by atoms with van der Waals surface area (Å²) in [6.07, 6.45) is 3.66. The molecule has 5 nitrogen and oxygen atoms in total. The summed E-state index contributed by atoms with van der Waals surface area (Å²) in [4.78, 5) is 24.7. The lowest BCUT2D eigenvalue weighted by molar-refractivity contribution is -0.138. The van der Waals surface area contributed by atoms with Crippen molar-refractivity contribution in [1.29, 1.82) is 0 Å². The summed E-state index contributed by atoms with van der Waals surface area (Å²) in [5.74, 6) is -1.03. The Balaban J connectivity index is 2.14. The Morgan fingerprint density at radius 1 is 1.29 bits per heavy atom. The zero-order valence-corrected chi connectivity index (χ0v) is 12.8. The van der Waals surface area contributed by atoms with Gasteiger partial charge in [0.2, 0.25) is 0 Å². The number of carboxylic acids is 1. The van der Waals surface area contributed by atoms with Gasteiger partial charge in [-0.05, 0) is 25.0 Å². The lowest BCUT2D eigenvalue weighted by Crippen LogP contribution is -2.44. The van der Waals surface area contributed by atoms with Gasteiger partial charge in [0.15, 0.2) is 0 Å².